The number of nitrogens with zero attached hydrogens (tertiary/aromatic N) is 1. The molecule has 3 amide bonds. The van der Waals surface area contributed by atoms with Crippen molar-refractivity contribution in [2.45, 2.75) is 32.6 Å². The first-order valence-electron chi connectivity index (χ1n) is 8.41. The normalized spacial score (nSPS) is 17.4. The molecule has 1 saturated carbocycles. The average Bonchev–Trinajstić information content (AvgIpc) is 3.36. The Kier molecular flexibility index (Phi) is 4.32. The maximum Gasteiger partial charge on any atom is 0.311 e. The van der Waals surface area contributed by atoms with E-state index in [1.807, 2.05) is 6.92 Å². The number of carboxylic acids is 1. The minimum absolute atomic E-state index is 0.0632. The van der Waals surface area contributed by atoms with E-state index in [0.717, 1.165) is 12.8 Å². The van der Waals surface area contributed by atoms with E-state index in [2.05, 4.69) is 5.32 Å². The Balaban J connectivity index is 1.73. The summed E-state index contributed by atoms with van der Waals surface area (Å²) in [5.41, 5.74) is -0.0665. The van der Waals surface area contributed by atoms with E-state index in [0.29, 0.717) is 24.9 Å². The molecule has 1 fully saturated rings. The van der Waals surface area contributed by atoms with Gasteiger partial charge in [0.1, 0.15) is 0 Å². The zero-order chi connectivity index (χ0) is 18.2. The van der Waals surface area contributed by atoms with E-state index in [4.69, 9.17) is 5.11 Å². The van der Waals surface area contributed by atoms with Crippen molar-refractivity contribution in [3.8, 4) is 0 Å². The number of hydrogen-bond acceptors (Lipinski definition) is 4. The number of rotatable bonds is 7. The molecule has 0 spiro atoms. The Hall–Kier alpha value is -2.70. The van der Waals surface area contributed by atoms with E-state index in [-0.39, 0.29) is 29.5 Å². The second kappa shape index (κ2) is 6.31. The van der Waals surface area contributed by atoms with Gasteiger partial charge < -0.3 is 10.4 Å². The molecule has 0 bridgehead atoms. The number of aliphatic carboxylic acids is 1. The van der Waals surface area contributed by atoms with Crippen LogP contribution in [0.15, 0.2) is 18.2 Å². The summed E-state index contributed by atoms with van der Waals surface area (Å²) in [6.07, 6.45) is 2.70. The molecular weight excluding hydrogens is 324 g/mol. The number of nitrogens with one attached hydrogen (secondary N) is 1. The quantitative estimate of drug-likeness (QED) is 0.732. The first-order valence-corrected chi connectivity index (χ1v) is 8.41. The largest absolute Gasteiger partial charge is 0.481 e. The minimum Gasteiger partial charge on any atom is -0.481 e. The van der Waals surface area contributed by atoms with Crippen LogP contribution in [0.25, 0.3) is 0 Å². The monoisotopic (exact) mass is 344 g/mol. The highest BCUT2D eigenvalue weighted by atomic mass is 16.4. The van der Waals surface area contributed by atoms with E-state index < -0.39 is 17.3 Å². The first kappa shape index (κ1) is 17.1. The van der Waals surface area contributed by atoms with Gasteiger partial charge in [-0.2, -0.15) is 0 Å². The topological polar surface area (TPSA) is 104 Å². The van der Waals surface area contributed by atoms with Gasteiger partial charge in [-0.1, -0.05) is 13.3 Å². The van der Waals surface area contributed by atoms with Crippen LogP contribution in [0, 0.1) is 5.41 Å². The van der Waals surface area contributed by atoms with Crippen molar-refractivity contribution in [3.05, 3.63) is 34.9 Å². The van der Waals surface area contributed by atoms with Gasteiger partial charge in [0.15, 0.2) is 0 Å². The summed E-state index contributed by atoms with van der Waals surface area (Å²) in [4.78, 5) is 49.3. The SMILES string of the molecule is CCCCN1C(=O)c2ccc(C(=O)NCC3(C(=O)O)CC3)cc2C1=O. The van der Waals surface area contributed by atoms with Crippen molar-refractivity contribution in [2.24, 2.45) is 5.41 Å². The van der Waals surface area contributed by atoms with Crippen LogP contribution in [0.1, 0.15) is 63.7 Å². The average molecular weight is 344 g/mol. The van der Waals surface area contributed by atoms with Crippen LogP contribution in [0.4, 0.5) is 0 Å². The molecule has 25 heavy (non-hydrogen) atoms. The second-order valence-electron chi connectivity index (χ2n) is 6.64. The van der Waals surface area contributed by atoms with Crippen molar-refractivity contribution in [1.82, 2.24) is 10.2 Å². The van der Waals surface area contributed by atoms with E-state index >= 15 is 0 Å². The van der Waals surface area contributed by atoms with Crippen molar-refractivity contribution in [3.63, 3.8) is 0 Å². The lowest BCUT2D eigenvalue weighted by Gasteiger charge is -2.12. The molecule has 1 aliphatic heterocycles. The highest BCUT2D eigenvalue weighted by Crippen LogP contribution is 2.45. The zero-order valence-electron chi connectivity index (χ0n) is 14.0. The first-order chi connectivity index (χ1) is 11.9. The van der Waals surface area contributed by atoms with Gasteiger partial charge in [0, 0.05) is 18.7 Å². The molecule has 132 valence electrons. The number of hydrogen-bond donors (Lipinski definition) is 2. The van der Waals surface area contributed by atoms with Crippen molar-refractivity contribution in [2.75, 3.05) is 13.1 Å². The molecule has 2 aliphatic rings. The van der Waals surface area contributed by atoms with Gasteiger partial charge in [0.05, 0.1) is 16.5 Å². The molecule has 0 unspecified atom stereocenters. The Morgan fingerprint density at radius 3 is 2.48 bits per heavy atom. The highest BCUT2D eigenvalue weighted by molar-refractivity contribution is 6.22. The maximum absolute atomic E-state index is 12.4. The van der Waals surface area contributed by atoms with E-state index in [1.54, 1.807) is 0 Å². The summed E-state index contributed by atoms with van der Waals surface area (Å²) < 4.78 is 0. The number of unbranched alkanes of at least 4 members (excludes halogenated alkanes) is 1. The van der Waals surface area contributed by atoms with Crippen LogP contribution in [0.3, 0.4) is 0 Å². The van der Waals surface area contributed by atoms with Gasteiger partial charge in [-0.3, -0.25) is 24.1 Å². The lowest BCUT2D eigenvalue weighted by molar-refractivity contribution is -0.143. The molecule has 1 aromatic carbocycles. The number of carbonyl (C=O) groups excluding carboxylic acids is 3. The Bertz CT molecular complexity index is 767. The molecule has 7 nitrogen and oxygen atoms in total. The van der Waals surface area contributed by atoms with E-state index in [1.165, 1.54) is 23.1 Å². The smallest absolute Gasteiger partial charge is 0.311 e. The molecule has 1 aliphatic carbocycles. The number of carboxylic acid groups (broad SMARTS) is 1. The third-order valence-corrected chi connectivity index (χ3v) is 4.86. The fraction of sp³-hybridized carbons (Fsp3) is 0.444. The molecule has 7 heteroatoms. The zero-order valence-corrected chi connectivity index (χ0v) is 14.0. The predicted molar refractivity (Wildman–Crippen MR) is 88.4 cm³/mol. The number of imide groups is 1. The Morgan fingerprint density at radius 1 is 1.20 bits per heavy atom. The van der Waals surface area contributed by atoms with E-state index in [9.17, 15) is 19.2 Å². The minimum atomic E-state index is -0.908. The summed E-state index contributed by atoms with van der Waals surface area (Å²) in [5, 5.41) is 11.8. The molecule has 3 rings (SSSR count). The van der Waals surface area contributed by atoms with Gasteiger partial charge in [0.2, 0.25) is 0 Å². The maximum atomic E-state index is 12.4. The fourth-order valence-electron chi connectivity index (χ4n) is 2.92. The second-order valence-corrected chi connectivity index (χ2v) is 6.64. The molecular formula is C18H20N2O5. The number of carbonyl (C=O) groups is 4. The van der Waals surface area contributed by atoms with Crippen molar-refractivity contribution < 1.29 is 24.3 Å². The molecule has 0 saturated heterocycles. The fourth-order valence-corrected chi connectivity index (χ4v) is 2.92. The predicted octanol–water partition coefficient (Wildman–Crippen LogP) is 1.68. The summed E-state index contributed by atoms with van der Waals surface area (Å²) >= 11 is 0. The van der Waals surface area contributed by atoms with Crippen LogP contribution >= 0.6 is 0 Å². The van der Waals surface area contributed by atoms with Crippen LogP contribution in [-0.4, -0.2) is 46.8 Å². The molecule has 0 aromatic heterocycles. The molecule has 2 N–H and O–H groups in total. The third kappa shape index (κ3) is 3.01. The van der Waals surface area contributed by atoms with Gasteiger partial charge in [-0.25, -0.2) is 0 Å². The van der Waals surface area contributed by atoms with Gasteiger partial charge in [-0.05, 0) is 37.5 Å². The van der Waals surface area contributed by atoms with Crippen molar-refractivity contribution >= 4 is 23.7 Å². The van der Waals surface area contributed by atoms with Gasteiger partial charge >= 0.3 is 5.97 Å². The summed E-state index contributed by atoms with van der Waals surface area (Å²) in [6, 6.07) is 4.39. The highest BCUT2D eigenvalue weighted by Gasteiger charge is 2.50. The molecule has 1 heterocycles. The van der Waals surface area contributed by atoms with Crippen LogP contribution < -0.4 is 5.32 Å². The third-order valence-electron chi connectivity index (χ3n) is 4.86. The van der Waals surface area contributed by atoms with Crippen LogP contribution in [0.5, 0.6) is 0 Å². The molecule has 0 atom stereocenters. The Morgan fingerprint density at radius 2 is 1.88 bits per heavy atom. The van der Waals surface area contributed by atoms with Gasteiger partial charge in [0.25, 0.3) is 17.7 Å². The lowest BCUT2D eigenvalue weighted by Crippen LogP contribution is -2.34. The van der Waals surface area contributed by atoms with Crippen molar-refractivity contribution in [1.29, 1.82) is 0 Å². The van der Waals surface area contributed by atoms with Crippen LogP contribution in [0.2, 0.25) is 0 Å². The number of fused-ring (bicyclic) bond motifs is 1. The standard InChI is InChI=1S/C18H20N2O5/c1-2-3-8-20-15(22)12-5-4-11(9-13(12)16(20)23)14(21)19-10-18(6-7-18)17(24)25/h4-5,9H,2-3,6-8,10H2,1H3,(H,19,21)(H,24,25). The Labute approximate surface area is 145 Å². The molecule has 0 radical (unpaired) electrons. The summed E-state index contributed by atoms with van der Waals surface area (Å²) in [6.45, 7) is 2.41. The molecule has 1 aromatic rings. The summed E-state index contributed by atoms with van der Waals surface area (Å²) in [5.74, 6) is -2.06. The van der Waals surface area contributed by atoms with Crippen LogP contribution in [-0.2, 0) is 4.79 Å². The number of amides is 3. The van der Waals surface area contributed by atoms with Gasteiger partial charge in [-0.15, -0.1) is 0 Å². The lowest BCUT2D eigenvalue weighted by atomic mass is 10.0. The number of benzene rings is 1. The summed E-state index contributed by atoms with van der Waals surface area (Å²) in [7, 11) is 0.